The van der Waals surface area contributed by atoms with E-state index in [2.05, 4.69) is 4.72 Å². The van der Waals surface area contributed by atoms with Crippen LogP contribution in [0.4, 0.5) is 5.69 Å². The molecule has 118 valence electrons. The second-order valence-corrected chi connectivity index (χ2v) is 7.83. The first kappa shape index (κ1) is 16.3. The molecule has 1 aromatic carbocycles. The number of benzene rings is 1. The van der Waals surface area contributed by atoms with E-state index in [1.807, 2.05) is 20.8 Å². The minimum absolute atomic E-state index is 0.0946. The predicted octanol–water partition coefficient (Wildman–Crippen LogP) is 2.06. The van der Waals surface area contributed by atoms with Crippen molar-refractivity contribution in [3.63, 3.8) is 0 Å². The maximum Gasteiger partial charge on any atom is 0.241 e. The van der Waals surface area contributed by atoms with E-state index in [-0.39, 0.29) is 22.5 Å². The first-order valence-electron chi connectivity index (χ1n) is 7.19. The Labute approximate surface area is 126 Å². The summed E-state index contributed by atoms with van der Waals surface area (Å²) in [6.07, 6.45) is 0.790. The Balaban J connectivity index is 2.18. The highest BCUT2D eigenvalue weighted by Crippen LogP contribution is 2.43. The molecule has 0 amide bonds. The number of nitrogens with two attached hydrogens (primary N) is 1. The Morgan fingerprint density at radius 1 is 1.43 bits per heavy atom. The van der Waals surface area contributed by atoms with Gasteiger partial charge >= 0.3 is 0 Å². The lowest BCUT2D eigenvalue weighted by Crippen LogP contribution is -2.61. The molecule has 1 aromatic rings. The van der Waals surface area contributed by atoms with Gasteiger partial charge in [-0.15, -0.1) is 0 Å². The summed E-state index contributed by atoms with van der Waals surface area (Å²) >= 11 is 0. The summed E-state index contributed by atoms with van der Waals surface area (Å²) in [7, 11) is -3.57. The highest BCUT2D eigenvalue weighted by Gasteiger charge is 2.50. The second kappa shape index (κ2) is 5.59. The molecule has 21 heavy (non-hydrogen) atoms. The third-order valence-corrected chi connectivity index (χ3v) is 6.07. The van der Waals surface area contributed by atoms with Gasteiger partial charge in [-0.3, -0.25) is 0 Å². The van der Waals surface area contributed by atoms with E-state index in [0.29, 0.717) is 24.3 Å². The quantitative estimate of drug-likeness (QED) is 0.815. The fraction of sp³-hybridized carbons (Fsp3) is 0.600. The standard InChI is InChI=1S/C15H24N2O3S/c1-5-20-14-9-13(15(14,3)4)17-21(18,19)12-8-6-7-11(16)10(12)2/h6-8,13-14,17H,5,9,16H2,1-4H3. The number of sulfonamides is 1. The minimum atomic E-state index is -3.57. The lowest BCUT2D eigenvalue weighted by atomic mass is 9.65. The van der Waals surface area contributed by atoms with Crippen molar-refractivity contribution in [2.24, 2.45) is 5.41 Å². The van der Waals surface area contributed by atoms with Gasteiger partial charge in [-0.1, -0.05) is 19.9 Å². The van der Waals surface area contributed by atoms with Gasteiger partial charge in [0.2, 0.25) is 10.0 Å². The van der Waals surface area contributed by atoms with Crippen LogP contribution in [0.2, 0.25) is 0 Å². The van der Waals surface area contributed by atoms with E-state index in [9.17, 15) is 8.42 Å². The van der Waals surface area contributed by atoms with Gasteiger partial charge in [0, 0.05) is 23.8 Å². The third-order valence-electron chi connectivity index (χ3n) is 4.46. The maximum atomic E-state index is 12.6. The smallest absolute Gasteiger partial charge is 0.241 e. The Morgan fingerprint density at radius 2 is 2.10 bits per heavy atom. The first-order valence-corrected chi connectivity index (χ1v) is 8.67. The van der Waals surface area contributed by atoms with Crippen LogP contribution in [0.3, 0.4) is 0 Å². The number of ether oxygens (including phenoxy) is 1. The van der Waals surface area contributed by atoms with Crippen LogP contribution in [0.15, 0.2) is 23.1 Å². The summed E-state index contributed by atoms with van der Waals surface area (Å²) in [5, 5.41) is 0. The van der Waals surface area contributed by atoms with Crippen LogP contribution in [0.5, 0.6) is 0 Å². The normalized spacial score (nSPS) is 24.6. The van der Waals surface area contributed by atoms with Crippen molar-refractivity contribution in [1.29, 1.82) is 0 Å². The van der Waals surface area contributed by atoms with Crippen molar-refractivity contribution in [3.8, 4) is 0 Å². The molecular formula is C15H24N2O3S. The first-order chi connectivity index (χ1) is 9.70. The number of nitrogens with one attached hydrogen (secondary N) is 1. The van der Waals surface area contributed by atoms with Crippen molar-refractivity contribution in [2.75, 3.05) is 12.3 Å². The van der Waals surface area contributed by atoms with E-state index in [1.54, 1.807) is 25.1 Å². The summed E-state index contributed by atoms with van der Waals surface area (Å²) in [5.41, 5.74) is 6.66. The molecule has 0 spiro atoms. The van der Waals surface area contributed by atoms with Crippen LogP contribution in [-0.2, 0) is 14.8 Å². The number of hydrogen-bond acceptors (Lipinski definition) is 4. The highest BCUT2D eigenvalue weighted by molar-refractivity contribution is 7.89. The number of anilines is 1. The van der Waals surface area contributed by atoms with Gasteiger partial charge in [-0.05, 0) is 38.0 Å². The predicted molar refractivity (Wildman–Crippen MR) is 83.5 cm³/mol. The number of rotatable bonds is 5. The molecule has 1 fully saturated rings. The van der Waals surface area contributed by atoms with Crippen LogP contribution in [-0.4, -0.2) is 27.2 Å². The molecule has 0 radical (unpaired) electrons. The lowest BCUT2D eigenvalue weighted by Gasteiger charge is -2.51. The van der Waals surface area contributed by atoms with Crippen LogP contribution < -0.4 is 10.5 Å². The van der Waals surface area contributed by atoms with Crippen LogP contribution in [0.25, 0.3) is 0 Å². The molecule has 3 N–H and O–H groups in total. The Hall–Kier alpha value is -1.11. The van der Waals surface area contributed by atoms with Gasteiger partial charge in [0.1, 0.15) is 0 Å². The van der Waals surface area contributed by atoms with Crippen molar-refractivity contribution >= 4 is 15.7 Å². The summed E-state index contributed by atoms with van der Waals surface area (Å²) in [5.74, 6) is 0. The van der Waals surface area contributed by atoms with Gasteiger partial charge in [-0.2, -0.15) is 0 Å². The molecule has 2 atom stereocenters. The van der Waals surface area contributed by atoms with E-state index >= 15 is 0 Å². The van der Waals surface area contributed by atoms with E-state index < -0.39 is 10.0 Å². The van der Waals surface area contributed by atoms with Crippen molar-refractivity contribution in [3.05, 3.63) is 23.8 Å². The van der Waals surface area contributed by atoms with Gasteiger partial charge in [0.15, 0.2) is 0 Å². The Kier molecular flexibility index (Phi) is 4.33. The molecule has 1 aliphatic carbocycles. The summed E-state index contributed by atoms with van der Waals surface area (Å²) in [6, 6.07) is 4.82. The molecule has 0 aliphatic heterocycles. The monoisotopic (exact) mass is 312 g/mol. The molecule has 2 rings (SSSR count). The van der Waals surface area contributed by atoms with Gasteiger partial charge in [-0.25, -0.2) is 13.1 Å². The zero-order valence-corrected chi connectivity index (χ0v) is 13.8. The minimum Gasteiger partial charge on any atom is -0.398 e. The van der Waals surface area contributed by atoms with Crippen LogP contribution in [0.1, 0.15) is 32.8 Å². The van der Waals surface area contributed by atoms with Gasteiger partial charge in [0.25, 0.3) is 0 Å². The summed E-state index contributed by atoms with van der Waals surface area (Å²) in [6.45, 7) is 8.36. The maximum absolute atomic E-state index is 12.6. The highest BCUT2D eigenvalue weighted by atomic mass is 32.2. The zero-order valence-electron chi connectivity index (χ0n) is 13.0. The molecule has 0 heterocycles. The largest absolute Gasteiger partial charge is 0.398 e. The topological polar surface area (TPSA) is 81.4 Å². The van der Waals surface area contributed by atoms with E-state index in [4.69, 9.17) is 10.5 Å². The molecule has 0 saturated heterocycles. The van der Waals surface area contributed by atoms with Crippen molar-refractivity contribution in [1.82, 2.24) is 4.72 Å². The second-order valence-electron chi connectivity index (χ2n) is 6.15. The molecular weight excluding hydrogens is 288 g/mol. The summed E-state index contributed by atoms with van der Waals surface area (Å²) < 4.78 is 33.5. The van der Waals surface area contributed by atoms with Crippen molar-refractivity contribution < 1.29 is 13.2 Å². The van der Waals surface area contributed by atoms with Crippen LogP contribution in [0, 0.1) is 12.3 Å². The molecule has 6 heteroatoms. The average molecular weight is 312 g/mol. The van der Waals surface area contributed by atoms with Gasteiger partial charge in [0.05, 0.1) is 11.0 Å². The van der Waals surface area contributed by atoms with Crippen molar-refractivity contribution in [2.45, 2.75) is 51.2 Å². The Morgan fingerprint density at radius 3 is 2.67 bits per heavy atom. The molecule has 1 saturated carbocycles. The molecule has 0 bridgehead atoms. The lowest BCUT2D eigenvalue weighted by molar-refractivity contribution is -0.108. The molecule has 1 aliphatic rings. The summed E-state index contributed by atoms with van der Waals surface area (Å²) in [4.78, 5) is 0.248. The number of nitrogen functional groups attached to an aromatic ring is 1. The molecule has 2 unspecified atom stereocenters. The fourth-order valence-electron chi connectivity index (χ4n) is 2.74. The third kappa shape index (κ3) is 2.93. The zero-order chi connectivity index (χ0) is 15.8. The average Bonchev–Trinajstić information content (AvgIpc) is 2.40. The fourth-order valence-corrected chi connectivity index (χ4v) is 4.42. The van der Waals surface area contributed by atoms with E-state index in [1.165, 1.54) is 0 Å². The molecule has 5 nitrogen and oxygen atoms in total. The van der Waals surface area contributed by atoms with E-state index in [0.717, 1.165) is 0 Å². The number of hydrogen-bond donors (Lipinski definition) is 2. The van der Waals surface area contributed by atoms with Crippen LogP contribution >= 0.6 is 0 Å². The SMILES string of the molecule is CCOC1CC(NS(=O)(=O)c2cccc(N)c2C)C1(C)C. The Bertz CT molecular complexity index is 626. The molecule has 0 aromatic heterocycles. The van der Waals surface area contributed by atoms with Gasteiger partial charge < -0.3 is 10.5 Å².